The van der Waals surface area contributed by atoms with Gasteiger partial charge in [-0.25, -0.2) is 8.42 Å². The van der Waals surface area contributed by atoms with Gasteiger partial charge in [-0.05, 0) is 48.5 Å². The molecular weight excluding hydrogens is 436 g/mol. The number of hydrogen-bond acceptors (Lipinski definition) is 7. The normalized spacial score (nSPS) is 18.6. The van der Waals surface area contributed by atoms with Gasteiger partial charge in [0.05, 0.1) is 17.7 Å². The Morgan fingerprint density at radius 2 is 1.85 bits per heavy atom. The highest BCUT2D eigenvalue weighted by Crippen LogP contribution is 2.37. The van der Waals surface area contributed by atoms with E-state index in [1.807, 2.05) is 36.5 Å². The maximum absolute atomic E-state index is 13.6. The molecule has 0 amide bonds. The van der Waals surface area contributed by atoms with Gasteiger partial charge in [-0.15, -0.1) is 0 Å². The maximum atomic E-state index is 13.6. The number of nitrogens with zero attached hydrogens (tertiary/aromatic N) is 3. The number of hydrogen-bond donors (Lipinski definition) is 1. The molecule has 2 aliphatic rings. The van der Waals surface area contributed by atoms with E-state index in [4.69, 9.17) is 4.74 Å². The molecule has 2 aliphatic heterocycles. The van der Waals surface area contributed by atoms with Crippen LogP contribution in [-0.2, 0) is 16.3 Å². The standard InChI is InChI=1S/C25H28N4O3S/c1-28-10-12-29(13-11-28)23-16-21(7-8-24(23)32-2)33(30,31)25-15-19-6-5-18(14-22(19)27-25)20-4-3-9-26-17-20/h3-9,14,16-17,25,27H,10-13,15H2,1-2H3. The number of anilines is 2. The van der Waals surface area contributed by atoms with Gasteiger partial charge in [0.15, 0.2) is 9.84 Å². The molecule has 3 aromatic rings. The highest BCUT2D eigenvalue weighted by molar-refractivity contribution is 7.92. The van der Waals surface area contributed by atoms with Crippen molar-refractivity contribution in [3.63, 3.8) is 0 Å². The van der Waals surface area contributed by atoms with E-state index in [9.17, 15) is 8.42 Å². The third-order valence-electron chi connectivity index (χ3n) is 6.52. The Morgan fingerprint density at radius 1 is 1.03 bits per heavy atom. The zero-order valence-electron chi connectivity index (χ0n) is 18.9. The summed E-state index contributed by atoms with van der Waals surface area (Å²) in [4.78, 5) is 8.97. The molecule has 5 rings (SSSR count). The van der Waals surface area contributed by atoms with Crippen molar-refractivity contribution < 1.29 is 13.2 Å². The molecule has 1 aromatic heterocycles. The molecule has 33 heavy (non-hydrogen) atoms. The van der Waals surface area contributed by atoms with E-state index in [2.05, 4.69) is 27.1 Å². The van der Waals surface area contributed by atoms with Crippen molar-refractivity contribution in [2.45, 2.75) is 16.7 Å². The van der Waals surface area contributed by atoms with Gasteiger partial charge >= 0.3 is 0 Å². The minimum Gasteiger partial charge on any atom is -0.495 e. The van der Waals surface area contributed by atoms with Crippen LogP contribution in [0.15, 0.2) is 65.8 Å². The Morgan fingerprint density at radius 3 is 2.58 bits per heavy atom. The Kier molecular flexibility index (Phi) is 5.72. The summed E-state index contributed by atoms with van der Waals surface area (Å²) in [5, 5.41) is 2.55. The summed E-state index contributed by atoms with van der Waals surface area (Å²) in [5.41, 5.74) is 4.71. The largest absolute Gasteiger partial charge is 0.495 e. The van der Waals surface area contributed by atoms with Crippen LogP contribution in [0.25, 0.3) is 11.1 Å². The number of nitrogens with one attached hydrogen (secondary N) is 1. The monoisotopic (exact) mass is 464 g/mol. The number of pyridine rings is 1. The predicted molar refractivity (Wildman–Crippen MR) is 131 cm³/mol. The first kappa shape index (κ1) is 21.7. The molecule has 1 unspecified atom stereocenters. The molecule has 0 radical (unpaired) electrons. The van der Waals surface area contributed by atoms with Gasteiger partial charge in [0, 0.05) is 56.2 Å². The van der Waals surface area contributed by atoms with E-state index in [0.29, 0.717) is 17.1 Å². The Labute approximate surface area is 194 Å². The summed E-state index contributed by atoms with van der Waals surface area (Å²) in [7, 11) is 0.122. The number of piperazine rings is 1. The fourth-order valence-electron chi connectivity index (χ4n) is 4.52. The number of sulfone groups is 1. The lowest BCUT2D eigenvalue weighted by Crippen LogP contribution is -2.44. The van der Waals surface area contributed by atoms with Crippen LogP contribution in [0.3, 0.4) is 0 Å². The summed E-state index contributed by atoms with van der Waals surface area (Å²) in [6, 6.07) is 15.1. The average molecular weight is 465 g/mol. The van der Waals surface area contributed by atoms with Crippen molar-refractivity contribution in [2.75, 3.05) is 50.6 Å². The highest BCUT2D eigenvalue weighted by atomic mass is 32.2. The van der Waals surface area contributed by atoms with Crippen LogP contribution in [0.5, 0.6) is 5.75 Å². The van der Waals surface area contributed by atoms with E-state index < -0.39 is 15.2 Å². The topological polar surface area (TPSA) is 74.8 Å². The second kappa shape index (κ2) is 8.68. The highest BCUT2D eigenvalue weighted by Gasteiger charge is 2.34. The lowest BCUT2D eigenvalue weighted by Gasteiger charge is -2.35. The molecule has 3 heterocycles. The lowest BCUT2D eigenvalue weighted by atomic mass is 10.0. The van der Waals surface area contributed by atoms with Crippen LogP contribution in [0, 0.1) is 0 Å². The molecule has 172 valence electrons. The number of methoxy groups -OCH3 is 1. The van der Waals surface area contributed by atoms with Crippen molar-refractivity contribution in [3.8, 4) is 16.9 Å². The zero-order chi connectivity index (χ0) is 23.0. The number of rotatable bonds is 5. The van der Waals surface area contributed by atoms with Crippen LogP contribution in [0.4, 0.5) is 11.4 Å². The van der Waals surface area contributed by atoms with Gasteiger partial charge in [0.2, 0.25) is 0 Å². The van der Waals surface area contributed by atoms with Gasteiger partial charge in [0.1, 0.15) is 11.1 Å². The molecule has 7 nitrogen and oxygen atoms in total. The summed E-state index contributed by atoms with van der Waals surface area (Å²) in [5.74, 6) is 0.697. The molecular formula is C25H28N4O3S. The molecule has 1 fully saturated rings. The molecule has 1 saturated heterocycles. The predicted octanol–water partition coefficient (Wildman–Crippen LogP) is 3.28. The molecule has 1 atom stereocenters. The van der Waals surface area contributed by atoms with Crippen LogP contribution in [0.1, 0.15) is 5.56 Å². The van der Waals surface area contributed by atoms with Gasteiger partial charge < -0.3 is 19.9 Å². The smallest absolute Gasteiger partial charge is 0.199 e. The van der Waals surface area contributed by atoms with Gasteiger partial charge in [-0.2, -0.15) is 0 Å². The van der Waals surface area contributed by atoms with E-state index in [-0.39, 0.29) is 0 Å². The minimum absolute atomic E-state index is 0.315. The Balaban J connectivity index is 1.42. The van der Waals surface area contributed by atoms with Crippen LogP contribution in [-0.4, -0.2) is 64.0 Å². The van der Waals surface area contributed by atoms with E-state index >= 15 is 0 Å². The first-order valence-electron chi connectivity index (χ1n) is 11.1. The number of fused-ring (bicyclic) bond motifs is 1. The molecule has 0 saturated carbocycles. The summed E-state index contributed by atoms with van der Waals surface area (Å²) >= 11 is 0. The fraction of sp³-hybridized carbons (Fsp3) is 0.320. The second-order valence-corrected chi connectivity index (χ2v) is 10.8. The summed E-state index contributed by atoms with van der Waals surface area (Å²) in [6.45, 7) is 3.53. The van der Waals surface area contributed by atoms with E-state index in [1.54, 1.807) is 31.5 Å². The second-order valence-electron chi connectivity index (χ2n) is 8.62. The van der Waals surface area contributed by atoms with Crippen molar-refractivity contribution in [2.24, 2.45) is 0 Å². The van der Waals surface area contributed by atoms with Gasteiger partial charge in [-0.1, -0.05) is 18.2 Å². The quantitative estimate of drug-likeness (QED) is 0.621. The minimum atomic E-state index is -3.60. The number of likely N-dealkylation sites (N-methyl/N-ethyl adjacent to an activating group) is 1. The summed E-state index contributed by atoms with van der Waals surface area (Å²) < 4.78 is 32.8. The first-order chi connectivity index (χ1) is 16.0. The maximum Gasteiger partial charge on any atom is 0.199 e. The molecule has 8 heteroatoms. The zero-order valence-corrected chi connectivity index (χ0v) is 19.7. The third kappa shape index (κ3) is 4.16. The Bertz CT molecular complexity index is 1260. The third-order valence-corrected chi connectivity index (χ3v) is 8.47. The Hall–Kier alpha value is -3.10. The lowest BCUT2D eigenvalue weighted by molar-refractivity contribution is 0.311. The van der Waals surface area contributed by atoms with Crippen molar-refractivity contribution in [1.82, 2.24) is 9.88 Å². The van der Waals surface area contributed by atoms with E-state index in [0.717, 1.165) is 54.2 Å². The van der Waals surface area contributed by atoms with Crippen molar-refractivity contribution >= 4 is 21.2 Å². The van der Waals surface area contributed by atoms with Crippen LogP contribution >= 0.6 is 0 Å². The van der Waals surface area contributed by atoms with Crippen LogP contribution < -0.4 is 15.0 Å². The molecule has 0 aliphatic carbocycles. The SMILES string of the molecule is COc1ccc(S(=O)(=O)C2Cc3ccc(-c4cccnc4)cc3N2)cc1N1CCN(C)CC1. The van der Waals surface area contributed by atoms with Crippen LogP contribution in [0.2, 0.25) is 0 Å². The van der Waals surface area contributed by atoms with Gasteiger partial charge in [0.25, 0.3) is 0 Å². The van der Waals surface area contributed by atoms with Crippen molar-refractivity contribution in [1.29, 1.82) is 0 Å². The fourth-order valence-corrected chi connectivity index (χ4v) is 6.06. The molecule has 0 spiro atoms. The van der Waals surface area contributed by atoms with E-state index in [1.165, 1.54) is 0 Å². The number of aromatic nitrogens is 1. The molecule has 1 N–H and O–H groups in total. The van der Waals surface area contributed by atoms with Gasteiger partial charge in [-0.3, -0.25) is 4.98 Å². The number of ether oxygens (including phenoxy) is 1. The first-order valence-corrected chi connectivity index (χ1v) is 12.7. The molecule has 2 aromatic carbocycles. The van der Waals surface area contributed by atoms with Crippen molar-refractivity contribution in [3.05, 3.63) is 66.5 Å². The molecule has 0 bridgehead atoms. The summed E-state index contributed by atoms with van der Waals surface area (Å²) in [6.07, 6.45) is 3.98. The number of benzene rings is 2. The average Bonchev–Trinajstić information content (AvgIpc) is 3.29.